The van der Waals surface area contributed by atoms with Crippen molar-refractivity contribution in [3.63, 3.8) is 0 Å². The topological polar surface area (TPSA) is 118 Å². The number of nitrogens with zero attached hydrogens (tertiary/aromatic N) is 2. The van der Waals surface area contributed by atoms with Gasteiger partial charge >= 0.3 is 12.1 Å². The Hall–Kier alpha value is -3.36. The molecule has 1 aliphatic heterocycles. The first-order valence-electron chi connectivity index (χ1n) is 11.3. The molecule has 1 fully saturated rings. The Labute approximate surface area is 199 Å². The molecule has 1 saturated heterocycles. The molecule has 3 rings (SSSR count). The summed E-state index contributed by atoms with van der Waals surface area (Å²) < 4.78 is 11.3. The van der Waals surface area contributed by atoms with Crippen LogP contribution in [-0.4, -0.2) is 63.3 Å². The Kier molecular flexibility index (Phi) is 7.05. The predicted octanol–water partition coefficient (Wildman–Crippen LogP) is 3.61. The van der Waals surface area contributed by atoms with Crippen LogP contribution in [0, 0.1) is 5.41 Å². The molecular weight excluding hydrogens is 438 g/mol. The second kappa shape index (κ2) is 9.48. The van der Waals surface area contributed by atoms with Crippen LogP contribution in [0.4, 0.5) is 4.79 Å². The average Bonchev–Trinajstić information content (AvgIpc) is 3.13. The highest BCUT2D eigenvalue weighted by molar-refractivity contribution is 5.90. The number of nitrogens with one attached hydrogen (secondary N) is 1. The Morgan fingerprint density at radius 2 is 1.76 bits per heavy atom. The van der Waals surface area contributed by atoms with Crippen molar-refractivity contribution >= 4 is 28.9 Å². The van der Waals surface area contributed by atoms with Crippen LogP contribution in [0.2, 0.25) is 0 Å². The third-order valence-electron chi connectivity index (χ3n) is 5.47. The van der Waals surface area contributed by atoms with E-state index < -0.39 is 47.2 Å². The van der Waals surface area contributed by atoms with Gasteiger partial charge in [-0.3, -0.25) is 4.79 Å². The molecule has 1 aliphatic rings. The quantitative estimate of drug-likeness (QED) is 0.684. The van der Waals surface area contributed by atoms with Crippen molar-refractivity contribution in [3.05, 3.63) is 36.4 Å². The number of carboxylic acid groups (broad SMARTS) is 1. The van der Waals surface area contributed by atoms with E-state index in [1.54, 1.807) is 47.6 Å². The maximum Gasteiger partial charge on any atom is 0.408 e. The number of pyridine rings is 1. The van der Waals surface area contributed by atoms with Crippen molar-refractivity contribution in [1.82, 2.24) is 15.2 Å². The summed E-state index contributed by atoms with van der Waals surface area (Å²) in [7, 11) is 0. The number of carbonyl (C=O) groups is 3. The minimum atomic E-state index is -1.13. The fourth-order valence-electron chi connectivity index (χ4n) is 3.88. The number of para-hydroxylation sites is 1. The Morgan fingerprint density at radius 3 is 2.38 bits per heavy atom. The van der Waals surface area contributed by atoms with Crippen LogP contribution in [0.5, 0.6) is 5.88 Å². The summed E-state index contributed by atoms with van der Waals surface area (Å²) in [5.74, 6) is -1.26. The number of carbonyl (C=O) groups excluding carboxylic acids is 2. The van der Waals surface area contributed by atoms with Gasteiger partial charge in [-0.25, -0.2) is 14.6 Å². The molecule has 2 N–H and O–H groups in total. The smallest absolute Gasteiger partial charge is 0.408 e. The molecule has 9 heteroatoms. The summed E-state index contributed by atoms with van der Waals surface area (Å²) in [4.78, 5) is 43.7. The number of ether oxygens (including phenoxy) is 2. The normalized spacial score (nSPS) is 19.5. The molecule has 0 spiro atoms. The van der Waals surface area contributed by atoms with E-state index in [0.717, 1.165) is 10.9 Å². The van der Waals surface area contributed by atoms with E-state index in [2.05, 4.69) is 10.3 Å². The lowest BCUT2D eigenvalue weighted by atomic mass is 9.85. The van der Waals surface area contributed by atoms with Crippen molar-refractivity contribution in [2.24, 2.45) is 5.41 Å². The molecular formula is C25H33N3O6. The van der Waals surface area contributed by atoms with Crippen LogP contribution >= 0.6 is 0 Å². The zero-order chi connectivity index (χ0) is 25.3. The molecule has 1 aromatic heterocycles. The van der Waals surface area contributed by atoms with Gasteiger partial charge in [0.15, 0.2) is 0 Å². The number of hydrogen-bond donors (Lipinski definition) is 2. The lowest BCUT2D eigenvalue weighted by Crippen LogP contribution is -2.57. The molecule has 3 unspecified atom stereocenters. The molecule has 0 bridgehead atoms. The highest BCUT2D eigenvalue weighted by Gasteiger charge is 2.46. The summed E-state index contributed by atoms with van der Waals surface area (Å²) in [5.41, 5.74) is -0.663. The number of alkyl carbamates (subject to hydrolysis) is 1. The number of amides is 2. The minimum Gasteiger partial charge on any atom is -0.480 e. The molecule has 0 radical (unpaired) electrons. The SMILES string of the molecule is CC(C)(C)OC(=O)NC(C(=O)N1CC(Oc2ccc3ccccc3n2)CC1C(=O)O)C(C)(C)C. The largest absolute Gasteiger partial charge is 0.480 e. The molecule has 0 aliphatic carbocycles. The van der Waals surface area contributed by atoms with Crippen molar-refractivity contribution in [2.75, 3.05) is 6.54 Å². The van der Waals surface area contributed by atoms with Crippen molar-refractivity contribution in [2.45, 2.75) is 71.8 Å². The molecule has 2 aromatic rings. The molecule has 3 atom stereocenters. The fourth-order valence-corrected chi connectivity index (χ4v) is 3.88. The number of hydrogen-bond acceptors (Lipinski definition) is 6. The van der Waals surface area contributed by atoms with Gasteiger partial charge in [-0.05, 0) is 38.3 Å². The lowest BCUT2D eigenvalue weighted by molar-refractivity contribution is -0.150. The number of fused-ring (bicyclic) bond motifs is 1. The Balaban J connectivity index is 1.78. The van der Waals surface area contributed by atoms with Gasteiger partial charge in [0.1, 0.15) is 23.8 Å². The Bertz CT molecular complexity index is 1070. The van der Waals surface area contributed by atoms with E-state index in [1.165, 1.54) is 4.90 Å². The summed E-state index contributed by atoms with van der Waals surface area (Å²) in [5, 5.41) is 13.4. The molecule has 34 heavy (non-hydrogen) atoms. The standard InChI is InChI=1S/C25H33N3O6/c1-24(2,3)20(27-23(32)34-25(4,5)6)21(29)28-14-16(13-18(28)22(30)31)33-19-12-11-15-9-7-8-10-17(15)26-19/h7-12,16,18,20H,13-14H2,1-6H3,(H,27,32)(H,30,31). The van der Waals surface area contributed by atoms with E-state index >= 15 is 0 Å². The minimum absolute atomic E-state index is 0.0624. The summed E-state index contributed by atoms with van der Waals surface area (Å²) in [6.45, 7) is 10.6. The van der Waals surface area contributed by atoms with Gasteiger partial charge in [0.25, 0.3) is 0 Å². The van der Waals surface area contributed by atoms with E-state index in [0.29, 0.717) is 5.88 Å². The van der Waals surface area contributed by atoms with Crippen LogP contribution in [0.3, 0.4) is 0 Å². The highest BCUT2D eigenvalue weighted by atomic mass is 16.6. The highest BCUT2D eigenvalue weighted by Crippen LogP contribution is 2.28. The molecule has 2 amide bonds. The van der Waals surface area contributed by atoms with E-state index in [-0.39, 0.29) is 13.0 Å². The number of benzene rings is 1. The number of carboxylic acids is 1. The molecule has 1 aromatic carbocycles. The van der Waals surface area contributed by atoms with Crippen LogP contribution in [0.1, 0.15) is 48.0 Å². The van der Waals surface area contributed by atoms with Gasteiger partial charge in [0.05, 0.1) is 12.1 Å². The van der Waals surface area contributed by atoms with Crippen LogP contribution in [-0.2, 0) is 14.3 Å². The molecule has 9 nitrogen and oxygen atoms in total. The van der Waals surface area contributed by atoms with Crippen LogP contribution in [0.25, 0.3) is 10.9 Å². The summed E-state index contributed by atoms with van der Waals surface area (Å²) in [6, 6.07) is 9.13. The fraction of sp³-hybridized carbons (Fsp3) is 0.520. The van der Waals surface area contributed by atoms with Gasteiger partial charge in [0.2, 0.25) is 11.8 Å². The van der Waals surface area contributed by atoms with Crippen molar-refractivity contribution < 1.29 is 29.0 Å². The van der Waals surface area contributed by atoms with Crippen LogP contribution in [0.15, 0.2) is 36.4 Å². The van der Waals surface area contributed by atoms with Gasteiger partial charge in [-0.15, -0.1) is 0 Å². The van der Waals surface area contributed by atoms with Gasteiger partial charge < -0.3 is 24.8 Å². The number of likely N-dealkylation sites (tertiary alicyclic amines) is 1. The maximum atomic E-state index is 13.5. The van der Waals surface area contributed by atoms with Gasteiger partial charge in [0, 0.05) is 17.9 Å². The third-order valence-corrected chi connectivity index (χ3v) is 5.47. The molecule has 184 valence electrons. The van der Waals surface area contributed by atoms with Crippen LogP contribution < -0.4 is 10.1 Å². The van der Waals surface area contributed by atoms with Gasteiger partial charge in [-0.1, -0.05) is 39.0 Å². The summed E-state index contributed by atoms with van der Waals surface area (Å²) in [6.07, 6.45) is -1.18. The van der Waals surface area contributed by atoms with E-state index in [1.807, 2.05) is 30.3 Å². The maximum absolute atomic E-state index is 13.5. The average molecular weight is 472 g/mol. The van der Waals surface area contributed by atoms with E-state index in [4.69, 9.17) is 9.47 Å². The first-order valence-corrected chi connectivity index (χ1v) is 11.3. The predicted molar refractivity (Wildman–Crippen MR) is 127 cm³/mol. The lowest BCUT2D eigenvalue weighted by Gasteiger charge is -2.35. The monoisotopic (exact) mass is 471 g/mol. The first kappa shape index (κ1) is 25.3. The van der Waals surface area contributed by atoms with Crippen molar-refractivity contribution in [1.29, 1.82) is 0 Å². The van der Waals surface area contributed by atoms with Gasteiger partial charge in [-0.2, -0.15) is 0 Å². The number of aromatic nitrogens is 1. The molecule has 0 saturated carbocycles. The van der Waals surface area contributed by atoms with E-state index in [9.17, 15) is 19.5 Å². The first-order chi connectivity index (χ1) is 15.7. The third kappa shape index (κ3) is 6.15. The van der Waals surface area contributed by atoms with Crippen molar-refractivity contribution in [3.8, 4) is 5.88 Å². The second-order valence-electron chi connectivity index (χ2n) is 10.6. The number of aliphatic carboxylic acids is 1. The molecule has 2 heterocycles. The summed E-state index contributed by atoms with van der Waals surface area (Å²) >= 11 is 0. The number of rotatable bonds is 5. The second-order valence-corrected chi connectivity index (χ2v) is 10.6. The zero-order valence-electron chi connectivity index (χ0n) is 20.5. The zero-order valence-corrected chi connectivity index (χ0v) is 20.5. The Morgan fingerprint density at radius 1 is 1.09 bits per heavy atom.